The van der Waals surface area contributed by atoms with Crippen molar-refractivity contribution in [3.63, 3.8) is 0 Å². The molecule has 2 aromatic rings. The van der Waals surface area contributed by atoms with E-state index in [9.17, 15) is 9.59 Å². The van der Waals surface area contributed by atoms with Gasteiger partial charge in [0.15, 0.2) is 0 Å². The number of halogens is 1. The zero-order chi connectivity index (χ0) is 17.5. The highest BCUT2D eigenvalue weighted by Crippen LogP contribution is 2.14. The highest BCUT2D eigenvalue weighted by atomic mass is 35.5. The number of carbonyl (C=O) groups excluding carboxylic acids is 2. The first kappa shape index (κ1) is 17.6. The third-order valence-corrected chi connectivity index (χ3v) is 3.56. The molecule has 0 spiro atoms. The summed E-state index contributed by atoms with van der Waals surface area (Å²) in [7, 11) is 3.41. The molecule has 5 heteroatoms. The lowest BCUT2D eigenvalue weighted by atomic mass is 10.1. The lowest BCUT2D eigenvalue weighted by Crippen LogP contribution is -2.23. The Kier molecular flexibility index (Phi) is 6.00. The molecule has 0 atom stereocenters. The molecule has 0 fully saturated rings. The highest BCUT2D eigenvalue weighted by molar-refractivity contribution is 6.33. The van der Waals surface area contributed by atoms with Crippen LogP contribution in [0.3, 0.4) is 0 Å². The van der Waals surface area contributed by atoms with Crippen LogP contribution in [0.25, 0.3) is 0 Å². The molecule has 0 aromatic heterocycles. The molecule has 0 aliphatic heterocycles. The van der Waals surface area contributed by atoms with E-state index in [0.717, 1.165) is 5.56 Å². The minimum atomic E-state index is -0.262. The minimum absolute atomic E-state index is 0.0542. The monoisotopic (exact) mass is 340 g/mol. The van der Waals surface area contributed by atoms with Crippen LogP contribution >= 0.6 is 11.6 Å². The van der Waals surface area contributed by atoms with E-state index in [4.69, 9.17) is 11.6 Å². The van der Waals surface area contributed by atoms with Gasteiger partial charge in [-0.15, -0.1) is 0 Å². The van der Waals surface area contributed by atoms with E-state index in [2.05, 4.69) is 17.2 Å². The highest BCUT2D eigenvalue weighted by Gasteiger charge is 2.08. The van der Waals surface area contributed by atoms with Gasteiger partial charge >= 0.3 is 0 Å². The lowest BCUT2D eigenvalue weighted by molar-refractivity contribution is 0.0827. The van der Waals surface area contributed by atoms with Gasteiger partial charge in [0.25, 0.3) is 11.8 Å². The average Bonchev–Trinajstić information content (AvgIpc) is 2.58. The van der Waals surface area contributed by atoms with Crippen LogP contribution in [-0.2, 0) is 0 Å². The Balaban J connectivity index is 1.93. The summed E-state index contributed by atoms with van der Waals surface area (Å²) in [5, 5.41) is 3.10. The molecule has 0 saturated heterocycles. The quantitative estimate of drug-likeness (QED) is 0.873. The molecule has 24 heavy (non-hydrogen) atoms. The third kappa shape index (κ3) is 4.61. The maximum atomic E-state index is 12.0. The molecule has 0 aliphatic carbocycles. The zero-order valence-corrected chi connectivity index (χ0v) is 14.2. The lowest BCUT2D eigenvalue weighted by Gasteiger charge is -2.09. The van der Waals surface area contributed by atoms with E-state index in [1.54, 1.807) is 62.6 Å². The Labute approximate surface area is 146 Å². The van der Waals surface area contributed by atoms with Gasteiger partial charge in [-0.1, -0.05) is 35.6 Å². The summed E-state index contributed by atoms with van der Waals surface area (Å²) < 4.78 is 0. The second kappa shape index (κ2) is 8.19. The fourth-order valence-electron chi connectivity index (χ4n) is 1.97. The van der Waals surface area contributed by atoms with Gasteiger partial charge in [-0.25, -0.2) is 0 Å². The summed E-state index contributed by atoms with van der Waals surface area (Å²) in [4.78, 5) is 25.3. The molecule has 0 heterocycles. The summed E-state index contributed by atoms with van der Waals surface area (Å²) in [6.45, 7) is 0.211. The van der Waals surface area contributed by atoms with Gasteiger partial charge < -0.3 is 10.2 Å². The van der Waals surface area contributed by atoms with Crippen LogP contribution in [0, 0.1) is 11.8 Å². The van der Waals surface area contributed by atoms with Crippen molar-refractivity contribution in [2.75, 3.05) is 20.6 Å². The topological polar surface area (TPSA) is 49.4 Å². The summed E-state index contributed by atoms with van der Waals surface area (Å²) in [5.74, 6) is 5.50. The fraction of sp³-hybridized carbons (Fsp3) is 0.158. The normalized spacial score (nSPS) is 9.62. The molecule has 2 aromatic carbocycles. The number of nitrogens with zero attached hydrogens (tertiary/aromatic N) is 1. The second-order valence-electron chi connectivity index (χ2n) is 5.24. The largest absolute Gasteiger partial charge is 0.345 e. The number of carbonyl (C=O) groups is 2. The number of amides is 2. The van der Waals surface area contributed by atoms with Crippen LogP contribution in [0.4, 0.5) is 0 Å². The van der Waals surface area contributed by atoms with Crippen molar-refractivity contribution in [3.8, 4) is 11.8 Å². The van der Waals surface area contributed by atoms with Crippen molar-refractivity contribution in [1.82, 2.24) is 10.2 Å². The second-order valence-corrected chi connectivity index (χ2v) is 5.65. The van der Waals surface area contributed by atoms with Crippen molar-refractivity contribution in [1.29, 1.82) is 0 Å². The predicted octanol–water partition coefficient (Wildman–Crippen LogP) is 2.82. The number of rotatable bonds is 3. The van der Waals surface area contributed by atoms with Gasteiger partial charge in [-0.05, 0) is 36.4 Å². The molecular weight excluding hydrogens is 324 g/mol. The Hall–Kier alpha value is -2.77. The number of benzene rings is 2. The van der Waals surface area contributed by atoms with E-state index in [-0.39, 0.29) is 18.4 Å². The maximum absolute atomic E-state index is 12.0. The Bertz CT molecular complexity index is 802. The van der Waals surface area contributed by atoms with Gasteiger partial charge in [0.05, 0.1) is 17.1 Å². The standard InChI is InChI=1S/C19H17ClN2O2/c1-22(2)19(24)15-11-9-14(10-12-15)6-5-13-21-18(23)16-7-3-4-8-17(16)20/h3-4,7-12H,13H2,1-2H3,(H,21,23). The summed E-state index contributed by atoms with van der Waals surface area (Å²) in [5.41, 5.74) is 1.81. The Morgan fingerprint density at radius 2 is 1.75 bits per heavy atom. The zero-order valence-electron chi connectivity index (χ0n) is 13.5. The van der Waals surface area contributed by atoms with Crippen LogP contribution in [0.2, 0.25) is 5.02 Å². The number of nitrogens with one attached hydrogen (secondary N) is 1. The van der Waals surface area contributed by atoms with Gasteiger partial charge in [0.2, 0.25) is 0 Å². The SMILES string of the molecule is CN(C)C(=O)c1ccc(C#CCNC(=O)c2ccccc2Cl)cc1. The predicted molar refractivity (Wildman–Crippen MR) is 95.1 cm³/mol. The van der Waals surface area contributed by atoms with Crippen molar-refractivity contribution >= 4 is 23.4 Å². The van der Waals surface area contributed by atoms with Crippen molar-refractivity contribution in [2.45, 2.75) is 0 Å². The van der Waals surface area contributed by atoms with Crippen LogP contribution in [0.1, 0.15) is 26.3 Å². The molecule has 2 rings (SSSR count). The van der Waals surface area contributed by atoms with Crippen molar-refractivity contribution in [2.24, 2.45) is 0 Å². The van der Waals surface area contributed by atoms with Crippen LogP contribution in [0.5, 0.6) is 0 Å². The maximum Gasteiger partial charge on any atom is 0.253 e. The molecule has 0 aliphatic rings. The van der Waals surface area contributed by atoms with Crippen LogP contribution in [-0.4, -0.2) is 37.4 Å². The van der Waals surface area contributed by atoms with E-state index < -0.39 is 0 Å². The molecule has 1 N–H and O–H groups in total. The molecule has 4 nitrogen and oxygen atoms in total. The minimum Gasteiger partial charge on any atom is -0.345 e. The molecule has 122 valence electrons. The van der Waals surface area contributed by atoms with Crippen molar-refractivity contribution in [3.05, 3.63) is 70.2 Å². The van der Waals surface area contributed by atoms with Gasteiger partial charge in [0, 0.05) is 25.2 Å². The fourth-order valence-corrected chi connectivity index (χ4v) is 2.19. The van der Waals surface area contributed by atoms with Crippen LogP contribution < -0.4 is 5.32 Å². The summed E-state index contributed by atoms with van der Waals surface area (Å²) in [6.07, 6.45) is 0. The van der Waals surface area contributed by atoms with E-state index >= 15 is 0 Å². The molecule has 0 unspecified atom stereocenters. The number of hydrogen-bond donors (Lipinski definition) is 1. The van der Waals surface area contributed by atoms with E-state index in [0.29, 0.717) is 16.1 Å². The van der Waals surface area contributed by atoms with Crippen LogP contribution in [0.15, 0.2) is 48.5 Å². The third-order valence-electron chi connectivity index (χ3n) is 3.23. The van der Waals surface area contributed by atoms with Gasteiger partial charge in [-0.2, -0.15) is 0 Å². The average molecular weight is 341 g/mol. The summed E-state index contributed by atoms with van der Waals surface area (Å²) in [6, 6.07) is 13.9. The van der Waals surface area contributed by atoms with E-state index in [1.807, 2.05) is 0 Å². The first-order valence-electron chi connectivity index (χ1n) is 7.32. The molecule has 0 bridgehead atoms. The molecular formula is C19H17ClN2O2. The van der Waals surface area contributed by atoms with Gasteiger partial charge in [0.1, 0.15) is 0 Å². The summed E-state index contributed by atoms with van der Waals surface area (Å²) >= 11 is 5.96. The Morgan fingerprint density at radius 1 is 1.08 bits per heavy atom. The first-order chi connectivity index (χ1) is 11.5. The van der Waals surface area contributed by atoms with Gasteiger partial charge in [-0.3, -0.25) is 9.59 Å². The smallest absolute Gasteiger partial charge is 0.253 e. The molecule has 0 radical (unpaired) electrons. The number of hydrogen-bond acceptors (Lipinski definition) is 2. The first-order valence-corrected chi connectivity index (χ1v) is 7.70. The Morgan fingerprint density at radius 3 is 2.38 bits per heavy atom. The van der Waals surface area contributed by atoms with Crippen molar-refractivity contribution < 1.29 is 9.59 Å². The molecule has 0 saturated carbocycles. The molecule has 2 amide bonds. The van der Waals surface area contributed by atoms with E-state index in [1.165, 1.54) is 4.90 Å².